The Balaban J connectivity index is 2.07. The lowest BCUT2D eigenvalue weighted by Crippen LogP contribution is -2.35. The highest BCUT2D eigenvalue weighted by Gasteiger charge is 2.20. The van der Waals surface area contributed by atoms with E-state index in [-0.39, 0.29) is 11.9 Å². The molecule has 5 heteroatoms. The standard InChI is InChI=1S/C11H17N3OS/c1-8(12)10-13-9(7-16-10)11(15)14-5-3-2-4-6-14/h7-8H,2-6,12H2,1H3. The molecule has 1 atom stereocenters. The van der Waals surface area contributed by atoms with E-state index in [4.69, 9.17) is 5.73 Å². The monoisotopic (exact) mass is 239 g/mol. The maximum atomic E-state index is 12.1. The van der Waals surface area contributed by atoms with Gasteiger partial charge in [0.1, 0.15) is 10.7 Å². The largest absolute Gasteiger partial charge is 0.337 e. The second-order valence-electron chi connectivity index (χ2n) is 4.21. The van der Waals surface area contributed by atoms with Crippen molar-refractivity contribution in [2.24, 2.45) is 5.73 Å². The fourth-order valence-electron chi connectivity index (χ4n) is 1.85. The van der Waals surface area contributed by atoms with Crippen molar-refractivity contribution >= 4 is 17.2 Å². The van der Waals surface area contributed by atoms with Crippen LogP contribution in [-0.2, 0) is 0 Å². The summed E-state index contributed by atoms with van der Waals surface area (Å²) in [5, 5.41) is 2.65. The first-order chi connectivity index (χ1) is 7.68. The summed E-state index contributed by atoms with van der Waals surface area (Å²) >= 11 is 1.47. The Kier molecular flexibility index (Phi) is 3.56. The number of aromatic nitrogens is 1. The molecule has 1 saturated heterocycles. The average Bonchev–Trinajstić information content (AvgIpc) is 2.78. The van der Waals surface area contributed by atoms with Gasteiger partial charge >= 0.3 is 0 Å². The lowest BCUT2D eigenvalue weighted by atomic mass is 10.1. The normalized spacial score (nSPS) is 18.5. The number of likely N-dealkylation sites (tertiary alicyclic amines) is 1. The van der Waals surface area contributed by atoms with Crippen molar-refractivity contribution < 1.29 is 4.79 Å². The molecule has 4 nitrogen and oxygen atoms in total. The molecule has 1 aromatic rings. The average molecular weight is 239 g/mol. The molecule has 2 N–H and O–H groups in total. The lowest BCUT2D eigenvalue weighted by molar-refractivity contribution is 0.0719. The second-order valence-corrected chi connectivity index (χ2v) is 5.10. The van der Waals surface area contributed by atoms with Crippen molar-refractivity contribution in [3.8, 4) is 0 Å². The number of carbonyl (C=O) groups excluding carboxylic acids is 1. The van der Waals surface area contributed by atoms with Crippen molar-refractivity contribution in [1.82, 2.24) is 9.88 Å². The summed E-state index contributed by atoms with van der Waals surface area (Å²) in [6, 6.07) is -0.0899. The number of carbonyl (C=O) groups is 1. The third-order valence-electron chi connectivity index (χ3n) is 2.77. The number of nitrogens with two attached hydrogens (primary N) is 1. The van der Waals surface area contributed by atoms with E-state index in [1.807, 2.05) is 17.2 Å². The Bertz CT molecular complexity index is 369. The van der Waals surface area contributed by atoms with Crippen LogP contribution in [0, 0.1) is 0 Å². The third-order valence-corrected chi connectivity index (χ3v) is 3.82. The fraction of sp³-hybridized carbons (Fsp3) is 0.636. The van der Waals surface area contributed by atoms with Gasteiger partial charge in [-0.1, -0.05) is 0 Å². The maximum absolute atomic E-state index is 12.1. The highest BCUT2D eigenvalue weighted by molar-refractivity contribution is 7.09. The molecule has 0 aromatic carbocycles. The lowest BCUT2D eigenvalue weighted by Gasteiger charge is -2.25. The molecular weight excluding hydrogens is 222 g/mol. The van der Waals surface area contributed by atoms with Gasteiger partial charge in [-0.05, 0) is 26.2 Å². The Morgan fingerprint density at radius 3 is 2.75 bits per heavy atom. The van der Waals surface area contributed by atoms with E-state index in [2.05, 4.69) is 4.98 Å². The molecule has 16 heavy (non-hydrogen) atoms. The molecule has 1 amide bonds. The van der Waals surface area contributed by atoms with Gasteiger partial charge in [-0.25, -0.2) is 4.98 Å². The summed E-state index contributed by atoms with van der Waals surface area (Å²) in [6.45, 7) is 3.61. The molecule has 88 valence electrons. The molecule has 1 unspecified atom stereocenters. The molecule has 0 radical (unpaired) electrons. The van der Waals surface area contributed by atoms with Crippen LogP contribution in [0.3, 0.4) is 0 Å². The summed E-state index contributed by atoms with van der Waals surface area (Å²) in [6.07, 6.45) is 3.44. The quantitative estimate of drug-likeness (QED) is 0.856. The van der Waals surface area contributed by atoms with Crippen LogP contribution >= 0.6 is 11.3 Å². The zero-order valence-electron chi connectivity index (χ0n) is 9.48. The first kappa shape index (κ1) is 11.5. The van der Waals surface area contributed by atoms with Gasteiger partial charge in [0.05, 0.1) is 6.04 Å². The van der Waals surface area contributed by atoms with Gasteiger partial charge in [-0.3, -0.25) is 4.79 Å². The first-order valence-corrected chi connectivity index (χ1v) is 6.56. The number of amides is 1. The molecule has 1 aliphatic heterocycles. The van der Waals surface area contributed by atoms with Gasteiger partial charge in [0.2, 0.25) is 0 Å². The minimum Gasteiger partial charge on any atom is -0.337 e. The van der Waals surface area contributed by atoms with Crippen molar-refractivity contribution in [2.45, 2.75) is 32.2 Å². The molecular formula is C11H17N3OS. The fourth-order valence-corrected chi connectivity index (χ4v) is 2.61. The Labute approximate surface area is 99.5 Å². The Morgan fingerprint density at radius 1 is 1.50 bits per heavy atom. The molecule has 1 aliphatic rings. The highest BCUT2D eigenvalue weighted by Crippen LogP contribution is 2.18. The van der Waals surface area contributed by atoms with E-state index in [0.29, 0.717) is 5.69 Å². The molecule has 2 rings (SSSR count). The predicted molar refractivity (Wildman–Crippen MR) is 64.5 cm³/mol. The van der Waals surface area contributed by atoms with Gasteiger partial charge in [-0.15, -0.1) is 11.3 Å². The van der Waals surface area contributed by atoms with Gasteiger partial charge in [0.15, 0.2) is 0 Å². The van der Waals surface area contributed by atoms with Crippen LogP contribution in [0.15, 0.2) is 5.38 Å². The zero-order valence-corrected chi connectivity index (χ0v) is 10.3. The summed E-state index contributed by atoms with van der Waals surface area (Å²) in [4.78, 5) is 18.2. The molecule has 2 heterocycles. The summed E-state index contributed by atoms with van der Waals surface area (Å²) < 4.78 is 0. The predicted octanol–water partition coefficient (Wildman–Crippen LogP) is 1.79. The van der Waals surface area contributed by atoms with Crippen LogP contribution in [0.4, 0.5) is 0 Å². The summed E-state index contributed by atoms with van der Waals surface area (Å²) in [5.41, 5.74) is 6.28. The summed E-state index contributed by atoms with van der Waals surface area (Å²) in [5.74, 6) is 0.0582. The number of piperidine rings is 1. The van der Waals surface area contributed by atoms with Crippen LogP contribution in [0.2, 0.25) is 0 Å². The van der Waals surface area contributed by atoms with Gasteiger partial charge in [0, 0.05) is 18.5 Å². The van der Waals surface area contributed by atoms with Crippen molar-refractivity contribution in [1.29, 1.82) is 0 Å². The Morgan fingerprint density at radius 2 is 2.19 bits per heavy atom. The van der Waals surface area contributed by atoms with Gasteiger partial charge < -0.3 is 10.6 Å². The smallest absolute Gasteiger partial charge is 0.273 e. The maximum Gasteiger partial charge on any atom is 0.273 e. The molecule has 0 bridgehead atoms. The van der Waals surface area contributed by atoms with E-state index < -0.39 is 0 Å². The van der Waals surface area contributed by atoms with E-state index in [9.17, 15) is 4.79 Å². The molecule has 1 fully saturated rings. The van der Waals surface area contributed by atoms with Crippen LogP contribution < -0.4 is 5.73 Å². The van der Waals surface area contributed by atoms with Gasteiger partial charge in [0.25, 0.3) is 5.91 Å². The molecule has 0 saturated carbocycles. The third kappa shape index (κ3) is 2.41. The van der Waals surface area contributed by atoms with Gasteiger partial charge in [-0.2, -0.15) is 0 Å². The zero-order chi connectivity index (χ0) is 11.5. The molecule has 1 aromatic heterocycles. The summed E-state index contributed by atoms with van der Waals surface area (Å²) in [7, 11) is 0. The second kappa shape index (κ2) is 4.93. The Hall–Kier alpha value is -0.940. The van der Waals surface area contributed by atoms with Crippen LogP contribution in [0.25, 0.3) is 0 Å². The van der Waals surface area contributed by atoms with E-state index >= 15 is 0 Å². The van der Waals surface area contributed by atoms with Crippen molar-refractivity contribution in [3.05, 3.63) is 16.1 Å². The minimum atomic E-state index is -0.0899. The number of hydrogen-bond acceptors (Lipinski definition) is 4. The van der Waals surface area contributed by atoms with Crippen LogP contribution in [-0.4, -0.2) is 28.9 Å². The van der Waals surface area contributed by atoms with E-state index in [1.165, 1.54) is 17.8 Å². The van der Waals surface area contributed by atoms with Crippen LogP contribution in [0.1, 0.15) is 47.7 Å². The molecule has 0 aliphatic carbocycles. The first-order valence-electron chi connectivity index (χ1n) is 5.69. The molecule has 0 spiro atoms. The topological polar surface area (TPSA) is 59.2 Å². The SMILES string of the molecule is CC(N)c1nc(C(=O)N2CCCCC2)cs1. The van der Waals surface area contributed by atoms with E-state index in [0.717, 1.165) is 30.9 Å². The number of rotatable bonds is 2. The number of hydrogen-bond donors (Lipinski definition) is 1. The van der Waals surface area contributed by atoms with Crippen molar-refractivity contribution in [2.75, 3.05) is 13.1 Å². The highest BCUT2D eigenvalue weighted by atomic mass is 32.1. The number of thiazole rings is 1. The van der Waals surface area contributed by atoms with Crippen LogP contribution in [0.5, 0.6) is 0 Å². The minimum absolute atomic E-state index is 0.0582. The van der Waals surface area contributed by atoms with Crippen molar-refractivity contribution in [3.63, 3.8) is 0 Å². The number of nitrogens with zero attached hydrogens (tertiary/aromatic N) is 2. The van der Waals surface area contributed by atoms with E-state index in [1.54, 1.807) is 0 Å².